The number of amides is 1. The van der Waals surface area contributed by atoms with Gasteiger partial charge in [0.25, 0.3) is 0 Å². The van der Waals surface area contributed by atoms with Crippen LogP contribution in [0, 0.1) is 0 Å². The molecule has 0 unspecified atom stereocenters. The third-order valence-corrected chi connectivity index (χ3v) is 5.30. The molecule has 0 radical (unpaired) electrons. The minimum Gasteiger partial charge on any atom is -0.444 e. The summed E-state index contributed by atoms with van der Waals surface area (Å²) in [4.78, 5) is 18.9. The lowest BCUT2D eigenvalue weighted by Crippen LogP contribution is -2.50. The second kappa shape index (κ2) is 8.80. The van der Waals surface area contributed by atoms with Crippen molar-refractivity contribution in [2.24, 2.45) is 0 Å². The van der Waals surface area contributed by atoms with Gasteiger partial charge in [0.1, 0.15) is 5.60 Å². The largest absolute Gasteiger partial charge is 0.444 e. The monoisotopic (exact) mass is 439 g/mol. The number of rotatable bonds is 3. The summed E-state index contributed by atoms with van der Waals surface area (Å²) < 4.78 is 12.1. The maximum absolute atomic E-state index is 12.3. The quantitative estimate of drug-likeness (QED) is 0.722. The van der Waals surface area contributed by atoms with Crippen molar-refractivity contribution in [2.75, 3.05) is 57.4 Å². The van der Waals surface area contributed by atoms with Gasteiger partial charge in [-0.15, -0.1) is 0 Å². The summed E-state index contributed by atoms with van der Waals surface area (Å²) in [6, 6.07) is 6.49. The molecule has 2 heterocycles. The number of anilines is 1. The topological polar surface area (TPSA) is 45.2 Å². The van der Waals surface area contributed by atoms with Gasteiger partial charge < -0.3 is 19.3 Å². The Hall–Kier alpha value is -1.31. The molecule has 7 heteroatoms. The van der Waals surface area contributed by atoms with Gasteiger partial charge in [0, 0.05) is 56.0 Å². The Morgan fingerprint density at radius 1 is 1.11 bits per heavy atom. The zero-order valence-electron chi connectivity index (χ0n) is 16.5. The SMILES string of the molecule is CC(C)(C)OC(=O)N1CCN(c2ccc(Br)cc2CN2CCOCC2)CC1. The van der Waals surface area contributed by atoms with Crippen LogP contribution in [-0.2, 0) is 16.0 Å². The van der Waals surface area contributed by atoms with Crippen molar-refractivity contribution in [1.29, 1.82) is 0 Å². The lowest BCUT2D eigenvalue weighted by molar-refractivity contribution is 0.0240. The van der Waals surface area contributed by atoms with E-state index in [2.05, 4.69) is 43.9 Å². The number of halogens is 1. The number of morpholine rings is 1. The molecule has 0 aliphatic carbocycles. The van der Waals surface area contributed by atoms with E-state index < -0.39 is 5.60 Å². The summed E-state index contributed by atoms with van der Waals surface area (Å²) >= 11 is 3.61. The van der Waals surface area contributed by atoms with Gasteiger partial charge in [0.15, 0.2) is 0 Å². The van der Waals surface area contributed by atoms with Crippen molar-refractivity contribution in [3.63, 3.8) is 0 Å². The van der Waals surface area contributed by atoms with Crippen LogP contribution in [0.15, 0.2) is 22.7 Å². The Labute approximate surface area is 170 Å². The van der Waals surface area contributed by atoms with Gasteiger partial charge in [-0.2, -0.15) is 0 Å². The lowest BCUT2D eigenvalue weighted by Gasteiger charge is -2.38. The number of hydrogen-bond donors (Lipinski definition) is 0. The van der Waals surface area contributed by atoms with E-state index in [4.69, 9.17) is 9.47 Å². The van der Waals surface area contributed by atoms with Gasteiger partial charge in [0.05, 0.1) is 13.2 Å². The molecule has 3 rings (SSSR count). The molecular formula is C20H30BrN3O3. The van der Waals surface area contributed by atoms with Crippen molar-refractivity contribution >= 4 is 27.7 Å². The van der Waals surface area contributed by atoms with Gasteiger partial charge in [-0.25, -0.2) is 4.79 Å². The highest BCUT2D eigenvalue weighted by Gasteiger charge is 2.27. The average Bonchev–Trinajstić information content (AvgIpc) is 2.61. The molecule has 0 saturated carbocycles. The summed E-state index contributed by atoms with van der Waals surface area (Å²) in [6.07, 6.45) is -0.216. The minimum absolute atomic E-state index is 0.216. The second-order valence-corrected chi connectivity index (χ2v) is 9.03. The molecule has 2 aliphatic heterocycles. The molecule has 2 saturated heterocycles. The molecule has 1 amide bonds. The van der Waals surface area contributed by atoms with Crippen LogP contribution in [0.4, 0.5) is 10.5 Å². The first-order valence-corrected chi connectivity index (χ1v) is 10.4. The molecule has 0 bridgehead atoms. The standard InChI is InChI=1S/C20H30BrN3O3/c1-20(2,3)27-19(25)24-8-6-23(7-9-24)18-5-4-17(21)14-16(18)15-22-10-12-26-13-11-22/h4-5,14H,6-13,15H2,1-3H3. The number of carbonyl (C=O) groups is 1. The van der Waals surface area contributed by atoms with Crippen LogP contribution < -0.4 is 4.90 Å². The fourth-order valence-electron chi connectivity index (χ4n) is 3.45. The molecule has 150 valence electrons. The zero-order chi connectivity index (χ0) is 19.4. The molecule has 0 N–H and O–H groups in total. The third-order valence-electron chi connectivity index (χ3n) is 4.81. The highest BCUT2D eigenvalue weighted by molar-refractivity contribution is 9.10. The molecule has 27 heavy (non-hydrogen) atoms. The van der Waals surface area contributed by atoms with Crippen LogP contribution >= 0.6 is 15.9 Å². The smallest absolute Gasteiger partial charge is 0.410 e. The maximum atomic E-state index is 12.3. The number of nitrogens with zero attached hydrogens (tertiary/aromatic N) is 3. The van der Waals surface area contributed by atoms with E-state index in [9.17, 15) is 4.79 Å². The Kier molecular flexibility index (Phi) is 6.65. The van der Waals surface area contributed by atoms with Crippen LogP contribution in [-0.4, -0.2) is 74.0 Å². The first kappa shape index (κ1) is 20.4. The highest BCUT2D eigenvalue weighted by Crippen LogP contribution is 2.27. The predicted octanol–water partition coefficient (Wildman–Crippen LogP) is 3.34. The van der Waals surface area contributed by atoms with Gasteiger partial charge in [-0.1, -0.05) is 15.9 Å². The molecule has 0 aromatic heterocycles. The number of hydrogen-bond acceptors (Lipinski definition) is 5. The number of benzene rings is 1. The Bertz CT molecular complexity index is 648. The third kappa shape index (κ3) is 5.83. The molecule has 6 nitrogen and oxygen atoms in total. The van der Waals surface area contributed by atoms with Gasteiger partial charge >= 0.3 is 6.09 Å². The number of piperazine rings is 1. The minimum atomic E-state index is -0.453. The van der Waals surface area contributed by atoms with Crippen LogP contribution in [0.25, 0.3) is 0 Å². The Balaban J connectivity index is 1.64. The highest BCUT2D eigenvalue weighted by atomic mass is 79.9. The molecule has 1 aromatic carbocycles. The first-order valence-electron chi connectivity index (χ1n) is 9.63. The van der Waals surface area contributed by atoms with Crippen molar-refractivity contribution < 1.29 is 14.3 Å². The maximum Gasteiger partial charge on any atom is 0.410 e. The van der Waals surface area contributed by atoms with E-state index in [1.807, 2.05) is 25.7 Å². The molecule has 0 spiro atoms. The van der Waals surface area contributed by atoms with Crippen molar-refractivity contribution in [2.45, 2.75) is 32.9 Å². The van der Waals surface area contributed by atoms with Gasteiger partial charge in [-0.3, -0.25) is 4.90 Å². The Morgan fingerprint density at radius 2 is 1.78 bits per heavy atom. The number of ether oxygens (including phenoxy) is 2. The van der Waals surface area contributed by atoms with E-state index in [-0.39, 0.29) is 6.09 Å². The molecule has 1 aromatic rings. The van der Waals surface area contributed by atoms with Gasteiger partial charge in [0.2, 0.25) is 0 Å². The Morgan fingerprint density at radius 3 is 2.41 bits per heavy atom. The first-order chi connectivity index (χ1) is 12.8. The molecule has 2 aliphatic rings. The average molecular weight is 440 g/mol. The van der Waals surface area contributed by atoms with E-state index >= 15 is 0 Å². The summed E-state index contributed by atoms with van der Waals surface area (Å²) in [5.41, 5.74) is 2.12. The van der Waals surface area contributed by atoms with Crippen LogP contribution in [0.1, 0.15) is 26.3 Å². The van der Waals surface area contributed by atoms with E-state index in [1.165, 1.54) is 11.3 Å². The van der Waals surface area contributed by atoms with Crippen LogP contribution in [0.3, 0.4) is 0 Å². The summed E-state index contributed by atoms with van der Waals surface area (Å²) in [5, 5.41) is 0. The predicted molar refractivity (Wildman–Crippen MR) is 110 cm³/mol. The lowest BCUT2D eigenvalue weighted by atomic mass is 10.1. The second-order valence-electron chi connectivity index (χ2n) is 8.12. The van der Waals surface area contributed by atoms with Crippen molar-refractivity contribution in [1.82, 2.24) is 9.80 Å². The van der Waals surface area contributed by atoms with E-state index in [0.29, 0.717) is 13.1 Å². The molecule has 2 fully saturated rings. The van der Waals surface area contributed by atoms with Gasteiger partial charge in [-0.05, 0) is 44.5 Å². The molecular weight excluding hydrogens is 410 g/mol. The summed E-state index contributed by atoms with van der Waals surface area (Å²) in [6.45, 7) is 13.2. The van der Waals surface area contributed by atoms with Crippen LogP contribution in [0.2, 0.25) is 0 Å². The fraction of sp³-hybridized carbons (Fsp3) is 0.650. The van der Waals surface area contributed by atoms with Crippen LogP contribution in [0.5, 0.6) is 0 Å². The molecule has 0 atom stereocenters. The summed E-state index contributed by atoms with van der Waals surface area (Å²) in [5.74, 6) is 0. The zero-order valence-corrected chi connectivity index (χ0v) is 18.1. The van der Waals surface area contributed by atoms with Crippen molar-refractivity contribution in [3.05, 3.63) is 28.2 Å². The summed E-state index contributed by atoms with van der Waals surface area (Å²) in [7, 11) is 0. The van der Waals surface area contributed by atoms with Crippen molar-refractivity contribution in [3.8, 4) is 0 Å². The van der Waals surface area contributed by atoms with E-state index in [1.54, 1.807) is 0 Å². The fourth-order valence-corrected chi connectivity index (χ4v) is 3.85. The number of carbonyl (C=O) groups excluding carboxylic acids is 1. The normalized spacial score (nSPS) is 19.3. The van der Waals surface area contributed by atoms with E-state index in [0.717, 1.165) is 50.4 Å².